The third-order valence-corrected chi connectivity index (χ3v) is 3.53. The van der Waals surface area contributed by atoms with E-state index >= 15 is 0 Å². The van der Waals surface area contributed by atoms with Gasteiger partial charge in [0.15, 0.2) is 0 Å². The predicted molar refractivity (Wildman–Crippen MR) is 99.8 cm³/mol. The monoisotopic (exact) mass is 342 g/mol. The Labute approximate surface area is 149 Å². The van der Waals surface area contributed by atoms with Crippen LogP contribution in [0.1, 0.15) is 12.5 Å². The van der Waals surface area contributed by atoms with E-state index < -0.39 is 0 Å². The number of ether oxygens (including phenoxy) is 2. The van der Waals surface area contributed by atoms with Crippen molar-refractivity contribution in [1.29, 1.82) is 0 Å². The highest BCUT2D eigenvalue weighted by molar-refractivity contribution is 5.92. The zero-order valence-electron chi connectivity index (χ0n) is 14.9. The summed E-state index contributed by atoms with van der Waals surface area (Å²) in [5.41, 5.74) is 1.91. The molecule has 1 N–H and O–H groups in total. The van der Waals surface area contributed by atoms with Crippen LogP contribution in [0.25, 0.3) is 0 Å². The maximum absolute atomic E-state index is 12.2. The number of nitrogens with one attached hydrogen (secondary N) is 1. The van der Waals surface area contributed by atoms with E-state index in [-0.39, 0.29) is 5.91 Å². The molecule has 0 fully saturated rings. The summed E-state index contributed by atoms with van der Waals surface area (Å²) in [6.07, 6.45) is 0. The number of carbonyl (C=O) groups excluding carboxylic acids is 1. The van der Waals surface area contributed by atoms with Crippen LogP contribution in [0.15, 0.2) is 54.6 Å². The molecule has 2 aromatic rings. The molecule has 0 aromatic heterocycles. The van der Waals surface area contributed by atoms with Crippen LogP contribution in [0.4, 0.5) is 5.69 Å². The Hall–Kier alpha value is -2.37. The van der Waals surface area contributed by atoms with Crippen LogP contribution in [-0.2, 0) is 16.1 Å². The summed E-state index contributed by atoms with van der Waals surface area (Å²) >= 11 is 0. The molecule has 0 aliphatic heterocycles. The molecule has 0 heterocycles. The molecule has 134 valence electrons. The van der Waals surface area contributed by atoms with Crippen molar-refractivity contribution in [3.05, 3.63) is 60.2 Å². The number of amides is 1. The van der Waals surface area contributed by atoms with E-state index in [1.54, 1.807) is 0 Å². The number of hydrogen-bond acceptors (Lipinski definition) is 4. The first kappa shape index (κ1) is 19.0. The minimum absolute atomic E-state index is 0.0510. The molecule has 5 heteroatoms. The van der Waals surface area contributed by atoms with E-state index in [0.29, 0.717) is 26.4 Å². The summed E-state index contributed by atoms with van der Waals surface area (Å²) in [6.45, 7) is 4.72. The fourth-order valence-electron chi connectivity index (χ4n) is 2.42. The Kier molecular flexibility index (Phi) is 7.95. The molecule has 2 aromatic carbocycles. The number of benzene rings is 2. The fraction of sp³-hybridized carbons (Fsp3) is 0.350. The number of anilines is 1. The summed E-state index contributed by atoms with van der Waals surface area (Å²) in [4.78, 5) is 14.2. The molecule has 0 bridgehead atoms. The number of likely N-dealkylation sites (N-methyl/N-ethyl adjacent to an activating group) is 1. The van der Waals surface area contributed by atoms with Crippen LogP contribution < -0.4 is 10.1 Å². The number of carbonyl (C=O) groups is 1. The first-order valence-electron chi connectivity index (χ1n) is 8.50. The van der Waals surface area contributed by atoms with Gasteiger partial charge in [-0.15, -0.1) is 0 Å². The molecule has 0 radical (unpaired) electrons. The molecule has 0 saturated carbocycles. The molecule has 0 aliphatic rings. The number of rotatable bonds is 10. The van der Waals surface area contributed by atoms with Crippen LogP contribution in [-0.4, -0.2) is 44.2 Å². The fourth-order valence-corrected chi connectivity index (χ4v) is 2.42. The zero-order valence-corrected chi connectivity index (χ0v) is 14.9. The smallest absolute Gasteiger partial charge is 0.238 e. The molecule has 2 rings (SSSR count). The van der Waals surface area contributed by atoms with Gasteiger partial charge < -0.3 is 14.8 Å². The molecular formula is C20H26N2O3. The predicted octanol–water partition coefficient (Wildman–Crippen LogP) is 3.17. The lowest BCUT2D eigenvalue weighted by atomic mass is 10.2. The van der Waals surface area contributed by atoms with Crippen LogP contribution in [0.5, 0.6) is 5.75 Å². The minimum Gasteiger partial charge on any atom is -0.491 e. The van der Waals surface area contributed by atoms with E-state index in [1.165, 1.54) is 5.56 Å². The largest absolute Gasteiger partial charge is 0.491 e. The van der Waals surface area contributed by atoms with Crippen molar-refractivity contribution in [2.45, 2.75) is 13.5 Å². The highest BCUT2D eigenvalue weighted by Gasteiger charge is 2.08. The maximum Gasteiger partial charge on any atom is 0.238 e. The van der Waals surface area contributed by atoms with Crippen molar-refractivity contribution in [2.24, 2.45) is 0 Å². The molecule has 0 unspecified atom stereocenters. The first-order valence-corrected chi connectivity index (χ1v) is 8.50. The van der Waals surface area contributed by atoms with Gasteiger partial charge in [-0.05, 0) is 31.7 Å². The van der Waals surface area contributed by atoms with E-state index in [1.807, 2.05) is 61.3 Å². The van der Waals surface area contributed by atoms with Gasteiger partial charge in [0.2, 0.25) is 5.91 Å². The third-order valence-electron chi connectivity index (χ3n) is 3.53. The first-order chi connectivity index (χ1) is 12.2. The van der Waals surface area contributed by atoms with Gasteiger partial charge in [0.05, 0.1) is 13.2 Å². The van der Waals surface area contributed by atoms with Crippen molar-refractivity contribution in [3.63, 3.8) is 0 Å². The second-order valence-electron chi connectivity index (χ2n) is 5.78. The Bertz CT molecular complexity index is 646. The summed E-state index contributed by atoms with van der Waals surface area (Å²) < 4.78 is 10.8. The standard InChI is InChI=1S/C20H26N2O3/c1-3-24-12-13-25-19-11-7-10-18(14-19)21-20(23)16-22(2)15-17-8-5-4-6-9-17/h4-11,14H,3,12-13,15-16H2,1-2H3,(H,21,23). The molecule has 0 aliphatic carbocycles. The molecule has 1 amide bonds. The van der Waals surface area contributed by atoms with Gasteiger partial charge in [0.25, 0.3) is 0 Å². The third kappa shape index (κ3) is 7.37. The van der Waals surface area contributed by atoms with Crippen molar-refractivity contribution in [3.8, 4) is 5.75 Å². The average molecular weight is 342 g/mol. The molecule has 25 heavy (non-hydrogen) atoms. The van der Waals surface area contributed by atoms with Crippen molar-refractivity contribution >= 4 is 11.6 Å². The van der Waals surface area contributed by atoms with Crippen molar-refractivity contribution in [1.82, 2.24) is 4.90 Å². The van der Waals surface area contributed by atoms with Gasteiger partial charge in [0, 0.05) is 24.9 Å². The molecule has 0 saturated heterocycles. The minimum atomic E-state index is -0.0510. The molecular weight excluding hydrogens is 316 g/mol. The highest BCUT2D eigenvalue weighted by Crippen LogP contribution is 2.17. The average Bonchev–Trinajstić information content (AvgIpc) is 2.59. The van der Waals surface area contributed by atoms with Gasteiger partial charge >= 0.3 is 0 Å². The van der Waals surface area contributed by atoms with Crippen molar-refractivity contribution < 1.29 is 14.3 Å². The second kappa shape index (κ2) is 10.5. The van der Waals surface area contributed by atoms with Crippen LogP contribution >= 0.6 is 0 Å². The molecule has 0 spiro atoms. The van der Waals surface area contributed by atoms with E-state index in [9.17, 15) is 4.79 Å². The summed E-state index contributed by atoms with van der Waals surface area (Å²) in [5, 5.41) is 2.91. The van der Waals surface area contributed by atoms with Gasteiger partial charge in [-0.1, -0.05) is 36.4 Å². The lowest BCUT2D eigenvalue weighted by Crippen LogP contribution is -2.29. The zero-order chi connectivity index (χ0) is 17.9. The van der Waals surface area contributed by atoms with Gasteiger partial charge in [0.1, 0.15) is 12.4 Å². The van der Waals surface area contributed by atoms with Crippen LogP contribution in [0, 0.1) is 0 Å². The quantitative estimate of drug-likeness (QED) is 0.674. The van der Waals surface area contributed by atoms with Gasteiger partial charge in [-0.2, -0.15) is 0 Å². The summed E-state index contributed by atoms with van der Waals surface area (Å²) in [7, 11) is 1.93. The summed E-state index contributed by atoms with van der Waals surface area (Å²) in [6, 6.07) is 17.5. The summed E-state index contributed by atoms with van der Waals surface area (Å²) in [5.74, 6) is 0.667. The van der Waals surface area contributed by atoms with Gasteiger partial charge in [-0.25, -0.2) is 0 Å². The van der Waals surface area contributed by atoms with Crippen LogP contribution in [0.3, 0.4) is 0 Å². The Balaban J connectivity index is 1.79. The second-order valence-corrected chi connectivity index (χ2v) is 5.78. The maximum atomic E-state index is 12.2. The van der Waals surface area contributed by atoms with E-state index in [4.69, 9.17) is 9.47 Å². The Morgan fingerprint density at radius 2 is 1.88 bits per heavy atom. The van der Waals surface area contributed by atoms with Crippen molar-refractivity contribution in [2.75, 3.05) is 38.7 Å². The topological polar surface area (TPSA) is 50.8 Å². The lowest BCUT2D eigenvalue weighted by molar-refractivity contribution is -0.117. The number of hydrogen-bond donors (Lipinski definition) is 1. The van der Waals surface area contributed by atoms with E-state index in [2.05, 4.69) is 17.4 Å². The molecule has 0 atom stereocenters. The number of nitrogens with zero attached hydrogens (tertiary/aromatic N) is 1. The van der Waals surface area contributed by atoms with Crippen LogP contribution in [0.2, 0.25) is 0 Å². The highest BCUT2D eigenvalue weighted by atomic mass is 16.5. The normalized spacial score (nSPS) is 10.7. The molecule has 5 nitrogen and oxygen atoms in total. The SMILES string of the molecule is CCOCCOc1cccc(NC(=O)CN(C)Cc2ccccc2)c1. The van der Waals surface area contributed by atoms with E-state index in [0.717, 1.165) is 18.0 Å². The Morgan fingerprint density at radius 1 is 1.08 bits per heavy atom. The Morgan fingerprint density at radius 3 is 2.64 bits per heavy atom. The van der Waals surface area contributed by atoms with Gasteiger partial charge in [-0.3, -0.25) is 9.69 Å². The lowest BCUT2D eigenvalue weighted by Gasteiger charge is -2.16.